The van der Waals surface area contributed by atoms with Gasteiger partial charge in [0, 0.05) is 0 Å². The fraction of sp³-hybridized carbons (Fsp3) is 0.667. The molecule has 0 aromatic heterocycles. The number of rotatable bonds is 3. The first-order valence-corrected chi connectivity index (χ1v) is 6.27. The number of hydrogen-bond acceptors (Lipinski definition) is 4. The molecule has 15 heavy (non-hydrogen) atoms. The van der Waals surface area contributed by atoms with E-state index < -0.39 is 16.1 Å². The van der Waals surface area contributed by atoms with Gasteiger partial charge < -0.3 is 4.74 Å². The highest BCUT2D eigenvalue weighted by Crippen LogP contribution is 2.28. The van der Waals surface area contributed by atoms with Crippen LogP contribution in [0.2, 0.25) is 0 Å². The van der Waals surface area contributed by atoms with Crippen molar-refractivity contribution in [1.29, 1.82) is 0 Å². The third-order valence-corrected chi connectivity index (χ3v) is 3.32. The van der Waals surface area contributed by atoms with Crippen molar-refractivity contribution in [3.8, 4) is 0 Å². The number of allylic oxidation sites excluding steroid dienone is 1. The number of hydrogen-bond donors (Lipinski definition) is 1. The molecule has 0 saturated carbocycles. The van der Waals surface area contributed by atoms with Crippen molar-refractivity contribution < 1.29 is 22.5 Å². The molecule has 0 unspecified atom stereocenters. The van der Waals surface area contributed by atoms with E-state index in [9.17, 15) is 13.2 Å². The summed E-state index contributed by atoms with van der Waals surface area (Å²) in [4.78, 5) is 11.2. The van der Waals surface area contributed by atoms with Crippen LogP contribution in [0.1, 0.15) is 32.6 Å². The largest absolute Gasteiger partial charge is 0.463 e. The Morgan fingerprint density at radius 1 is 1.40 bits per heavy atom. The monoisotopic (exact) mass is 234 g/mol. The van der Waals surface area contributed by atoms with Gasteiger partial charge in [-0.3, -0.25) is 4.55 Å². The maximum absolute atomic E-state index is 11.4. The predicted molar refractivity (Wildman–Crippen MR) is 53.7 cm³/mol. The Hall–Kier alpha value is -0.880. The molecule has 0 spiro atoms. The minimum absolute atomic E-state index is 0.102. The van der Waals surface area contributed by atoms with Crippen LogP contribution >= 0.6 is 0 Å². The van der Waals surface area contributed by atoms with Gasteiger partial charge >= 0.3 is 5.97 Å². The molecular weight excluding hydrogens is 220 g/mol. The maximum Gasteiger partial charge on any atom is 0.335 e. The second-order valence-corrected chi connectivity index (χ2v) is 4.75. The number of esters is 1. The lowest BCUT2D eigenvalue weighted by Crippen LogP contribution is -2.17. The Morgan fingerprint density at radius 2 is 2.00 bits per heavy atom. The van der Waals surface area contributed by atoms with Gasteiger partial charge in [-0.05, 0) is 32.6 Å². The maximum atomic E-state index is 11.4. The molecule has 0 fully saturated rings. The molecule has 1 aliphatic carbocycles. The third-order valence-electron chi connectivity index (χ3n) is 2.25. The van der Waals surface area contributed by atoms with Crippen LogP contribution in [0.3, 0.4) is 0 Å². The average molecular weight is 234 g/mol. The van der Waals surface area contributed by atoms with E-state index in [0.29, 0.717) is 12.8 Å². The summed E-state index contributed by atoms with van der Waals surface area (Å²) < 4.78 is 35.7. The number of carbonyl (C=O) groups is 1. The van der Waals surface area contributed by atoms with E-state index in [1.807, 2.05) is 0 Å². The molecule has 0 radical (unpaired) electrons. The van der Waals surface area contributed by atoms with Crippen LogP contribution < -0.4 is 0 Å². The van der Waals surface area contributed by atoms with Gasteiger partial charge in [-0.15, -0.1) is 0 Å². The lowest BCUT2D eigenvalue weighted by molar-refractivity contribution is -0.138. The van der Waals surface area contributed by atoms with Crippen LogP contribution in [-0.4, -0.2) is 25.5 Å². The molecule has 6 heteroatoms. The summed E-state index contributed by atoms with van der Waals surface area (Å²) in [6.07, 6.45) is 1.98. The Bertz CT molecular complexity index is 379. The highest BCUT2D eigenvalue weighted by molar-refractivity contribution is 7.89. The Labute approximate surface area is 88.9 Å². The minimum atomic E-state index is -4.26. The normalized spacial score (nSPS) is 17.7. The van der Waals surface area contributed by atoms with Crippen molar-refractivity contribution in [3.63, 3.8) is 0 Å². The van der Waals surface area contributed by atoms with Crippen molar-refractivity contribution in [2.24, 2.45) is 0 Å². The Kier molecular flexibility index (Phi) is 3.87. The molecule has 0 saturated heterocycles. The minimum Gasteiger partial charge on any atom is -0.463 e. The first-order chi connectivity index (χ1) is 6.96. The molecule has 0 aromatic carbocycles. The molecule has 0 atom stereocenters. The molecule has 1 aliphatic rings. The zero-order chi connectivity index (χ0) is 11.5. The highest BCUT2D eigenvalue weighted by atomic mass is 32.2. The van der Waals surface area contributed by atoms with Crippen molar-refractivity contribution in [2.75, 3.05) is 6.61 Å². The molecule has 1 N–H and O–H groups in total. The number of ether oxygens (including phenoxy) is 1. The molecule has 0 amide bonds. The fourth-order valence-electron chi connectivity index (χ4n) is 1.60. The van der Waals surface area contributed by atoms with Gasteiger partial charge in [0.05, 0.1) is 17.1 Å². The van der Waals surface area contributed by atoms with Gasteiger partial charge in [0.2, 0.25) is 0 Å². The van der Waals surface area contributed by atoms with Crippen LogP contribution in [0.4, 0.5) is 0 Å². The van der Waals surface area contributed by atoms with Crippen LogP contribution in [0, 0.1) is 0 Å². The van der Waals surface area contributed by atoms with Gasteiger partial charge in [-0.25, -0.2) is 4.79 Å². The summed E-state index contributed by atoms with van der Waals surface area (Å²) in [6, 6.07) is 0. The summed E-state index contributed by atoms with van der Waals surface area (Å²) in [5.41, 5.74) is 0.102. The highest BCUT2D eigenvalue weighted by Gasteiger charge is 2.27. The van der Waals surface area contributed by atoms with Crippen LogP contribution in [0.5, 0.6) is 0 Å². The lowest BCUT2D eigenvalue weighted by Gasteiger charge is -2.16. The summed E-state index contributed by atoms with van der Waals surface area (Å²) in [5.74, 6) is -0.634. The fourth-order valence-corrected chi connectivity index (χ4v) is 2.50. The summed E-state index contributed by atoms with van der Waals surface area (Å²) in [5, 5.41) is 0. The molecule has 0 aromatic rings. The first-order valence-electron chi connectivity index (χ1n) is 4.83. The molecule has 0 heterocycles. The van der Waals surface area contributed by atoms with E-state index in [-0.39, 0.29) is 23.5 Å². The van der Waals surface area contributed by atoms with Gasteiger partial charge in [0.15, 0.2) is 0 Å². The summed E-state index contributed by atoms with van der Waals surface area (Å²) >= 11 is 0. The second kappa shape index (κ2) is 4.76. The third kappa shape index (κ3) is 3.04. The van der Waals surface area contributed by atoms with Crippen molar-refractivity contribution in [1.82, 2.24) is 0 Å². The van der Waals surface area contributed by atoms with E-state index in [1.54, 1.807) is 6.92 Å². The van der Waals surface area contributed by atoms with Crippen molar-refractivity contribution in [3.05, 3.63) is 10.5 Å². The lowest BCUT2D eigenvalue weighted by atomic mass is 9.99. The Morgan fingerprint density at radius 3 is 2.53 bits per heavy atom. The van der Waals surface area contributed by atoms with E-state index in [0.717, 1.165) is 6.42 Å². The quantitative estimate of drug-likeness (QED) is 0.587. The summed E-state index contributed by atoms with van der Waals surface area (Å²) in [7, 11) is -4.26. The van der Waals surface area contributed by atoms with Crippen LogP contribution in [-0.2, 0) is 19.6 Å². The van der Waals surface area contributed by atoms with Crippen molar-refractivity contribution in [2.45, 2.75) is 32.6 Å². The predicted octanol–water partition coefficient (Wildman–Crippen LogP) is 1.27. The molecule has 0 bridgehead atoms. The van der Waals surface area contributed by atoms with Crippen LogP contribution in [0.15, 0.2) is 10.5 Å². The van der Waals surface area contributed by atoms with Gasteiger partial charge in [-0.2, -0.15) is 8.42 Å². The molecule has 1 rings (SSSR count). The van der Waals surface area contributed by atoms with Gasteiger partial charge in [-0.1, -0.05) is 0 Å². The zero-order valence-electron chi connectivity index (χ0n) is 8.52. The second-order valence-electron chi connectivity index (χ2n) is 3.30. The van der Waals surface area contributed by atoms with Crippen LogP contribution in [0.25, 0.3) is 0 Å². The SMILES string of the molecule is CCOC(=O)C1=C(S(=O)(=O)O)CCCC1. The van der Waals surface area contributed by atoms with E-state index in [2.05, 4.69) is 0 Å². The standard InChI is InChI=1S/C9H14O5S/c1-2-14-9(10)7-5-3-4-6-8(7)15(11,12)13/h2-6H2,1H3,(H,11,12,13). The van der Waals surface area contributed by atoms with Gasteiger partial charge in [0.25, 0.3) is 10.1 Å². The van der Waals surface area contributed by atoms with Crippen molar-refractivity contribution >= 4 is 16.1 Å². The smallest absolute Gasteiger partial charge is 0.335 e. The number of carbonyl (C=O) groups excluding carboxylic acids is 1. The Balaban J connectivity index is 3.07. The van der Waals surface area contributed by atoms with Gasteiger partial charge in [0.1, 0.15) is 0 Å². The van der Waals surface area contributed by atoms with E-state index >= 15 is 0 Å². The molecule has 0 aliphatic heterocycles. The topological polar surface area (TPSA) is 80.7 Å². The average Bonchev–Trinajstić information content (AvgIpc) is 2.17. The molecule has 86 valence electrons. The van der Waals surface area contributed by atoms with E-state index in [4.69, 9.17) is 9.29 Å². The van der Waals surface area contributed by atoms with E-state index in [1.165, 1.54) is 0 Å². The zero-order valence-corrected chi connectivity index (χ0v) is 9.34. The first kappa shape index (κ1) is 12.2. The summed E-state index contributed by atoms with van der Waals surface area (Å²) in [6.45, 7) is 1.84. The molecule has 5 nitrogen and oxygen atoms in total. The molecular formula is C9H14O5S.